The molecule has 0 saturated heterocycles. The molecule has 2 aromatic rings. The highest BCUT2D eigenvalue weighted by atomic mass is 79.9. The van der Waals surface area contributed by atoms with E-state index in [9.17, 15) is 0 Å². The van der Waals surface area contributed by atoms with Gasteiger partial charge in [0.05, 0.1) is 11.9 Å². The number of benzene rings is 1. The number of rotatable bonds is 3. The summed E-state index contributed by atoms with van der Waals surface area (Å²) in [5.41, 5.74) is 3.56. The largest absolute Gasteiger partial charge is 0.496 e. The average Bonchev–Trinajstić information content (AvgIpc) is 2.86. The van der Waals surface area contributed by atoms with Crippen molar-refractivity contribution < 1.29 is 4.74 Å². The highest BCUT2D eigenvalue weighted by molar-refractivity contribution is 9.10. The van der Waals surface area contributed by atoms with Crippen molar-refractivity contribution in [1.29, 1.82) is 0 Å². The first-order valence-corrected chi connectivity index (χ1v) is 8.16. The fourth-order valence-corrected chi connectivity index (χ4v) is 4.32. The SMILES string of the molecule is COc1c(C)cc(Br)c(C)c1C(Br)c1cccs1. The summed E-state index contributed by atoms with van der Waals surface area (Å²) in [6.07, 6.45) is 0. The fraction of sp³-hybridized carbons (Fsp3) is 0.286. The molecule has 0 aliphatic rings. The number of halogens is 2. The summed E-state index contributed by atoms with van der Waals surface area (Å²) in [6.45, 7) is 4.18. The van der Waals surface area contributed by atoms with Gasteiger partial charge in [0, 0.05) is 14.9 Å². The van der Waals surface area contributed by atoms with Crippen LogP contribution < -0.4 is 4.74 Å². The number of thiophene rings is 1. The maximum absolute atomic E-state index is 5.58. The van der Waals surface area contributed by atoms with E-state index in [0.717, 1.165) is 15.8 Å². The summed E-state index contributed by atoms with van der Waals surface area (Å²) >= 11 is 9.16. The van der Waals surface area contributed by atoms with Gasteiger partial charge >= 0.3 is 0 Å². The third kappa shape index (κ3) is 2.51. The van der Waals surface area contributed by atoms with Gasteiger partial charge in [-0.05, 0) is 42.5 Å². The number of ether oxygens (including phenoxy) is 1. The lowest BCUT2D eigenvalue weighted by molar-refractivity contribution is 0.407. The normalized spacial score (nSPS) is 12.5. The minimum Gasteiger partial charge on any atom is -0.496 e. The number of hydrogen-bond acceptors (Lipinski definition) is 2. The molecule has 2 rings (SSSR count). The molecule has 0 amide bonds. The van der Waals surface area contributed by atoms with Crippen molar-refractivity contribution in [3.05, 3.63) is 49.6 Å². The lowest BCUT2D eigenvalue weighted by atomic mass is 10.00. The van der Waals surface area contributed by atoms with Gasteiger partial charge in [0.15, 0.2) is 0 Å². The number of hydrogen-bond donors (Lipinski definition) is 0. The van der Waals surface area contributed by atoms with Gasteiger partial charge in [-0.25, -0.2) is 0 Å². The Bertz CT molecular complexity index is 549. The molecular formula is C14H14Br2OS. The third-order valence-electron chi connectivity index (χ3n) is 2.96. The van der Waals surface area contributed by atoms with Crippen LogP contribution >= 0.6 is 43.2 Å². The van der Waals surface area contributed by atoms with Crippen molar-refractivity contribution >= 4 is 43.2 Å². The van der Waals surface area contributed by atoms with Crippen molar-refractivity contribution in [3.63, 3.8) is 0 Å². The Hall–Kier alpha value is -0.320. The minimum atomic E-state index is 0.170. The van der Waals surface area contributed by atoms with E-state index in [-0.39, 0.29) is 4.83 Å². The summed E-state index contributed by atoms with van der Waals surface area (Å²) in [7, 11) is 1.73. The van der Waals surface area contributed by atoms with Gasteiger partial charge in [-0.1, -0.05) is 37.9 Å². The highest BCUT2D eigenvalue weighted by Crippen LogP contribution is 2.44. The summed E-state index contributed by atoms with van der Waals surface area (Å²) in [4.78, 5) is 1.46. The van der Waals surface area contributed by atoms with E-state index < -0.39 is 0 Å². The van der Waals surface area contributed by atoms with Gasteiger partial charge in [0.25, 0.3) is 0 Å². The number of alkyl halides is 1. The van der Waals surface area contributed by atoms with Gasteiger partial charge in [-0.2, -0.15) is 0 Å². The zero-order chi connectivity index (χ0) is 13.3. The summed E-state index contributed by atoms with van der Waals surface area (Å²) < 4.78 is 6.71. The van der Waals surface area contributed by atoms with E-state index in [1.807, 2.05) is 0 Å². The Kier molecular flexibility index (Phi) is 4.51. The lowest BCUT2D eigenvalue weighted by Gasteiger charge is -2.19. The molecule has 0 aliphatic heterocycles. The van der Waals surface area contributed by atoms with Crippen LogP contribution in [0.2, 0.25) is 0 Å². The molecule has 1 unspecified atom stereocenters. The summed E-state index contributed by atoms with van der Waals surface area (Å²) in [5.74, 6) is 0.964. The second-order valence-electron chi connectivity index (χ2n) is 4.13. The molecule has 0 aliphatic carbocycles. The van der Waals surface area contributed by atoms with E-state index in [2.05, 4.69) is 69.3 Å². The van der Waals surface area contributed by atoms with Crippen LogP contribution in [0.3, 0.4) is 0 Å². The molecule has 96 valence electrons. The zero-order valence-electron chi connectivity index (χ0n) is 10.5. The molecule has 0 bridgehead atoms. The second kappa shape index (κ2) is 5.76. The molecule has 1 atom stereocenters. The first kappa shape index (κ1) is 14.1. The van der Waals surface area contributed by atoms with E-state index >= 15 is 0 Å². The molecule has 0 N–H and O–H groups in total. The zero-order valence-corrected chi connectivity index (χ0v) is 14.4. The van der Waals surface area contributed by atoms with Gasteiger partial charge < -0.3 is 4.74 Å². The fourth-order valence-electron chi connectivity index (χ4n) is 2.03. The molecule has 0 fully saturated rings. The van der Waals surface area contributed by atoms with Crippen LogP contribution in [0.25, 0.3) is 0 Å². The topological polar surface area (TPSA) is 9.23 Å². The van der Waals surface area contributed by atoms with Crippen LogP contribution in [0.4, 0.5) is 0 Å². The Morgan fingerprint density at radius 3 is 2.61 bits per heavy atom. The van der Waals surface area contributed by atoms with Crippen LogP contribution in [0.15, 0.2) is 28.1 Å². The van der Waals surface area contributed by atoms with Gasteiger partial charge in [-0.15, -0.1) is 11.3 Å². The molecule has 1 heterocycles. The van der Waals surface area contributed by atoms with Crippen LogP contribution in [-0.2, 0) is 0 Å². The molecule has 1 aromatic carbocycles. The molecule has 0 radical (unpaired) electrons. The van der Waals surface area contributed by atoms with Crippen molar-refractivity contribution in [1.82, 2.24) is 0 Å². The molecule has 0 saturated carbocycles. The first-order valence-electron chi connectivity index (χ1n) is 5.57. The molecular weight excluding hydrogens is 376 g/mol. The van der Waals surface area contributed by atoms with Crippen molar-refractivity contribution in [3.8, 4) is 5.75 Å². The summed E-state index contributed by atoms with van der Waals surface area (Å²) in [6, 6.07) is 6.31. The molecule has 18 heavy (non-hydrogen) atoms. The Morgan fingerprint density at radius 2 is 2.06 bits per heavy atom. The summed E-state index contributed by atoms with van der Waals surface area (Å²) in [5, 5.41) is 2.09. The first-order chi connectivity index (χ1) is 8.56. The average molecular weight is 390 g/mol. The second-order valence-corrected chi connectivity index (χ2v) is 6.87. The quantitative estimate of drug-likeness (QED) is 0.619. The van der Waals surface area contributed by atoms with Crippen molar-refractivity contribution in [2.45, 2.75) is 18.7 Å². The van der Waals surface area contributed by atoms with E-state index in [0.29, 0.717) is 0 Å². The van der Waals surface area contributed by atoms with Crippen LogP contribution in [-0.4, -0.2) is 7.11 Å². The van der Waals surface area contributed by atoms with Crippen LogP contribution in [0, 0.1) is 13.8 Å². The smallest absolute Gasteiger partial charge is 0.126 e. The number of methoxy groups -OCH3 is 1. The monoisotopic (exact) mass is 388 g/mol. The lowest BCUT2D eigenvalue weighted by Crippen LogP contribution is -2.01. The van der Waals surface area contributed by atoms with E-state index in [4.69, 9.17) is 4.74 Å². The maximum atomic E-state index is 5.58. The maximum Gasteiger partial charge on any atom is 0.126 e. The predicted molar refractivity (Wildman–Crippen MR) is 85.3 cm³/mol. The highest BCUT2D eigenvalue weighted by Gasteiger charge is 2.21. The Balaban J connectivity index is 2.62. The standard InChI is InChI=1S/C14H14Br2OS/c1-8-7-10(15)9(2)12(14(8)17-3)13(16)11-5-4-6-18-11/h4-7,13H,1-3H3. The van der Waals surface area contributed by atoms with Crippen LogP contribution in [0.1, 0.15) is 26.4 Å². The Morgan fingerprint density at radius 1 is 1.33 bits per heavy atom. The van der Waals surface area contributed by atoms with E-state index in [1.165, 1.54) is 16.0 Å². The molecule has 1 aromatic heterocycles. The molecule has 4 heteroatoms. The van der Waals surface area contributed by atoms with Gasteiger partial charge in [-0.3, -0.25) is 0 Å². The van der Waals surface area contributed by atoms with Crippen LogP contribution in [0.5, 0.6) is 5.75 Å². The van der Waals surface area contributed by atoms with Gasteiger partial charge in [0.1, 0.15) is 5.75 Å². The third-order valence-corrected chi connectivity index (χ3v) is 5.97. The minimum absolute atomic E-state index is 0.170. The van der Waals surface area contributed by atoms with Crippen molar-refractivity contribution in [2.75, 3.05) is 7.11 Å². The molecule has 0 spiro atoms. The van der Waals surface area contributed by atoms with Crippen molar-refractivity contribution in [2.24, 2.45) is 0 Å². The van der Waals surface area contributed by atoms with E-state index in [1.54, 1.807) is 18.4 Å². The molecule has 1 nitrogen and oxygen atoms in total. The Labute approximate surface area is 128 Å². The van der Waals surface area contributed by atoms with Gasteiger partial charge in [0.2, 0.25) is 0 Å². The number of aryl methyl sites for hydroxylation is 1. The predicted octanol–water partition coefficient (Wildman–Crippen LogP) is 5.62.